The molecule has 0 saturated carbocycles. The van der Waals surface area contributed by atoms with Gasteiger partial charge in [0, 0.05) is 0 Å². The second kappa shape index (κ2) is 1.86. The van der Waals surface area contributed by atoms with E-state index in [1.54, 1.807) is 0 Å². The first-order valence-corrected chi connectivity index (χ1v) is 2.73. The lowest BCUT2D eigenvalue weighted by molar-refractivity contribution is -0.143. The summed E-state index contributed by atoms with van der Waals surface area (Å²) < 4.78 is 4.40. The number of nitrogens with one attached hydrogen (secondary N) is 1. The van der Waals surface area contributed by atoms with Gasteiger partial charge in [-0.3, -0.25) is 0 Å². The summed E-state index contributed by atoms with van der Waals surface area (Å²) in [6.45, 7) is 1.28. The zero-order valence-electron chi connectivity index (χ0n) is 5.38. The Hall–Kier alpha value is -1.26. The Balaban J connectivity index is 2.72. The predicted octanol–water partition coefficient (Wildman–Crippen LogP) is -0.430. The van der Waals surface area contributed by atoms with Gasteiger partial charge in [0.15, 0.2) is 5.54 Å². The fraction of sp³-hybridized carbons (Fsp3) is 0.600. The van der Waals surface area contributed by atoms with Crippen LogP contribution in [0.2, 0.25) is 0 Å². The normalized spacial score (nSPS) is 31.1. The Labute approximate surface area is 57.0 Å². The van der Waals surface area contributed by atoms with Gasteiger partial charge in [0.25, 0.3) is 0 Å². The van der Waals surface area contributed by atoms with Crippen molar-refractivity contribution < 1.29 is 19.4 Å². The monoisotopic (exact) mass is 145 g/mol. The maximum atomic E-state index is 10.4. The van der Waals surface area contributed by atoms with Gasteiger partial charge < -0.3 is 15.2 Å². The number of cyclic esters (lactones) is 1. The SMILES string of the molecule is C[C@@]1(C(=O)O)COC(=O)N1. The van der Waals surface area contributed by atoms with E-state index in [1.807, 2.05) is 0 Å². The van der Waals surface area contributed by atoms with Crippen LogP contribution in [0, 0.1) is 0 Å². The van der Waals surface area contributed by atoms with Gasteiger partial charge in [-0.15, -0.1) is 0 Å². The zero-order chi connectivity index (χ0) is 7.78. The van der Waals surface area contributed by atoms with Crippen molar-refractivity contribution in [3.8, 4) is 0 Å². The van der Waals surface area contributed by atoms with Crippen molar-refractivity contribution in [3.63, 3.8) is 0 Å². The van der Waals surface area contributed by atoms with Crippen molar-refractivity contribution in [1.29, 1.82) is 0 Å². The third-order valence-electron chi connectivity index (χ3n) is 1.34. The molecule has 1 saturated heterocycles. The van der Waals surface area contributed by atoms with Gasteiger partial charge in [0.1, 0.15) is 6.61 Å². The van der Waals surface area contributed by atoms with Crippen LogP contribution < -0.4 is 5.32 Å². The highest BCUT2D eigenvalue weighted by Gasteiger charge is 2.41. The second-order valence-corrected chi connectivity index (χ2v) is 2.34. The van der Waals surface area contributed by atoms with Gasteiger partial charge in [-0.25, -0.2) is 9.59 Å². The largest absolute Gasteiger partial charge is 0.479 e. The molecule has 1 fully saturated rings. The van der Waals surface area contributed by atoms with Crippen LogP contribution in [0.3, 0.4) is 0 Å². The molecule has 56 valence electrons. The number of hydrogen-bond donors (Lipinski definition) is 2. The Bertz CT molecular complexity index is 190. The Morgan fingerprint density at radius 3 is 2.70 bits per heavy atom. The smallest absolute Gasteiger partial charge is 0.408 e. The van der Waals surface area contributed by atoms with Crippen LogP contribution >= 0.6 is 0 Å². The summed E-state index contributed by atoms with van der Waals surface area (Å²) in [5, 5.41) is 10.7. The molecule has 0 bridgehead atoms. The zero-order valence-corrected chi connectivity index (χ0v) is 5.38. The first-order chi connectivity index (χ1) is 4.54. The van der Waals surface area contributed by atoms with E-state index < -0.39 is 17.6 Å². The number of aliphatic carboxylic acids is 1. The van der Waals surface area contributed by atoms with Crippen molar-refractivity contribution in [2.75, 3.05) is 6.61 Å². The maximum absolute atomic E-state index is 10.4. The number of rotatable bonds is 1. The quantitative estimate of drug-likeness (QED) is 0.525. The number of carboxylic acids is 1. The summed E-state index contributed by atoms with van der Waals surface area (Å²) in [6.07, 6.45) is -0.676. The second-order valence-electron chi connectivity index (χ2n) is 2.34. The summed E-state index contributed by atoms with van der Waals surface area (Å²) in [4.78, 5) is 20.7. The summed E-state index contributed by atoms with van der Waals surface area (Å²) in [7, 11) is 0. The Morgan fingerprint density at radius 2 is 2.50 bits per heavy atom. The van der Waals surface area contributed by atoms with Crippen LogP contribution in [0.1, 0.15) is 6.92 Å². The number of carbonyl (C=O) groups is 2. The van der Waals surface area contributed by atoms with Crippen LogP contribution in [0.15, 0.2) is 0 Å². The third-order valence-corrected chi connectivity index (χ3v) is 1.34. The molecule has 1 heterocycles. The van der Waals surface area contributed by atoms with E-state index in [2.05, 4.69) is 10.1 Å². The molecule has 0 aliphatic carbocycles. The highest BCUT2D eigenvalue weighted by atomic mass is 16.6. The molecule has 0 spiro atoms. The maximum Gasteiger partial charge on any atom is 0.408 e. The van der Waals surface area contributed by atoms with E-state index in [1.165, 1.54) is 6.92 Å². The van der Waals surface area contributed by atoms with E-state index >= 15 is 0 Å². The lowest BCUT2D eigenvalue weighted by Gasteiger charge is -2.12. The first-order valence-electron chi connectivity index (χ1n) is 2.73. The summed E-state index contributed by atoms with van der Waals surface area (Å²) >= 11 is 0. The molecule has 1 aliphatic heterocycles. The minimum atomic E-state index is -1.24. The molecule has 5 heteroatoms. The van der Waals surface area contributed by atoms with Gasteiger partial charge in [-0.2, -0.15) is 0 Å². The molecule has 2 N–H and O–H groups in total. The van der Waals surface area contributed by atoms with Crippen LogP contribution in [0.4, 0.5) is 4.79 Å². The summed E-state index contributed by atoms with van der Waals surface area (Å²) in [5.41, 5.74) is -1.24. The number of alkyl carbamates (subject to hydrolysis) is 1. The van der Waals surface area contributed by atoms with Crippen LogP contribution in [-0.2, 0) is 9.53 Å². The van der Waals surface area contributed by atoms with E-state index in [0.717, 1.165) is 0 Å². The molecular formula is C5H7NO4. The number of amides is 1. The molecule has 0 unspecified atom stereocenters. The third kappa shape index (κ3) is 0.896. The van der Waals surface area contributed by atoms with Gasteiger partial charge in [0.05, 0.1) is 0 Å². The summed E-state index contributed by atoms with van der Waals surface area (Å²) in [6, 6.07) is 0. The highest BCUT2D eigenvalue weighted by Crippen LogP contribution is 2.11. The molecule has 0 radical (unpaired) electrons. The van der Waals surface area contributed by atoms with Crippen molar-refractivity contribution in [1.82, 2.24) is 5.32 Å². The fourth-order valence-electron chi connectivity index (χ4n) is 0.623. The molecule has 0 aromatic heterocycles. The molecule has 0 aromatic rings. The number of carbonyl (C=O) groups excluding carboxylic acids is 1. The molecule has 1 amide bonds. The molecule has 10 heavy (non-hydrogen) atoms. The summed E-state index contributed by atoms with van der Waals surface area (Å²) in [5.74, 6) is -1.08. The Kier molecular flexibility index (Phi) is 1.28. The van der Waals surface area contributed by atoms with Gasteiger partial charge >= 0.3 is 12.1 Å². The number of hydrogen-bond acceptors (Lipinski definition) is 3. The van der Waals surface area contributed by atoms with Gasteiger partial charge in [0.2, 0.25) is 0 Å². The molecule has 1 aliphatic rings. The van der Waals surface area contributed by atoms with Crippen LogP contribution in [0.25, 0.3) is 0 Å². The van der Waals surface area contributed by atoms with E-state index in [-0.39, 0.29) is 6.61 Å². The topological polar surface area (TPSA) is 75.6 Å². The van der Waals surface area contributed by atoms with Crippen molar-refractivity contribution in [2.45, 2.75) is 12.5 Å². The van der Waals surface area contributed by atoms with Gasteiger partial charge in [-0.05, 0) is 6.92 Å². The standard InChI is InChI=1S/C5H7NO4/c1-5(3(7)8)2-10-4(9)6-5/h2H2,1H3,(H,6,9)(H,7,8)/t5-/m0/s1. The molecule has 5 nitrogen and oxygen atoms in total. The van der Waals surface area contributed by atoms with Crippen molar-refractivity contribution in [3.05, 3.63) is 0 Å². The predicted molar refractivity (Wildman–Crippen MR) is 30.5 cm³/mol. The lowest BCUT2D eigenvalue weighted by atomic mass is 10.1. The number of carboxylic acid groups (broad SMARTS) is 1. The fourth-order valence-corrected chi connectivity index (χ4v) is 0.623. The molecule has 0 aromatic carbocycles. The van der Waals surface area contributed by atoms with E-state index in [4.69, 9.17) is 5.11 Å². The Morgan fingerprint density at radius 1 is 1.90 bits per heavy atom. The molecule has 1 atom stereocenters. The van der Waals surface area contributed by atoms with Gasteiger partial charge in [-0.1, -0.05) is 0 Å². The van der Waals surface area contributed by atoms with Crippen LogP contribution in [-0.4, -0.2) is 29.3 Å². The minimum absolute atomic E-state index is 0.110. The van der Waals surface area contributed by atoms with Crippen molar-refractivity contribution >= 4 is 12.1 Å². The first kappa shape index (κ1) is 6.85. The molecular weight excluding hydrogens is 138 g/mol. The lowest BCUT2D eigenvalue weighted by Crippen LogP contribution is -2.47. The average Bonchev–Trinajstić information content (AvgIpc) is 2.13. The van der Waals surface area contributed by atoms with E-state index in [0.29, 0.717) is 0 Å². The molecule has 1 rings (SSSR count). The number of ether oxygens (including phenoxy) is 1. The highest BCUT2D eigenvalue weighted by molar-refractivity contribution is 5.86. The average molecular weight is 145 g/mol. The van der Waals surface area contributed by atoms with E-state index in [9.17, 15) is 9.59 Å². The van der Waals surface area contributed by atoms with Crippen LogP contribution in [0.5, 0.6) is 0 Å². The minimum Gasteiger partial charge on any atom is -0.479 e. The van der Waals surface area contributed by atoms with Crippen molar-refractivity contribution in [2.24, 2.45) is 0 Å².